The highest BCUT2D eigenvalue weighted by molar-refractivity contribution is 5.22. The number of benzene rings is 1. The van der Waals surface area contributed by atoms with Crippen molar-refractivity contribution in [1.82, 2.24) is 9.97 Å². The van der Waals surface area contributed by atoms with E-state index in [1.54, 1.807) is 0 Å². The Kier molecular flexibility index (Phi) is 3.49. The standard InChI is InChI=1S/C12H11FN2O2/c1-16-11-10(13)12(15-8-14-11)17-7-9-5-3-2-4-6-9/h2-6,8H,7H2,1H3. The fraction of sp³-hybridized carbons (Fsp3) is 0.167. The molecule has 0 amide bonds. The van der Waals surface area contributed by atoms with E-state index in [9.17, 15) is 4.39 Å². The Morgan fingerprint density at radius 3 is 2.53 bits per heavy atom. The highest BCUT2D eigenvalue weighted by atomic mass is 19.1. The van der Waals surface area contributed by atoms with Gasteiger partial charge in [0.25, 0.3) is 11.8 Å². The first-order valence-corrected chi connectivity index (χ1v) is 5.02. The van der Waals surface area contributed by atoms with Crippen molar-refractivity contribution in [2.75, 3.05) is 7.11 Å². The summed E-state index contributed by atoms with van der Waals surface area (Å²) < 4.78 is 23.6. The third-order valence-corrected chi connectivity index (χ3v) is 2.14. The van der Waals surface area contributed by atoms with Crippen LogP contribution in [0.1, 0.15) is 5.56 Å². The van der Waals surface area contributed by atoms with Gasteiger partial charge in [-0.2, -0.15) is 14.4 Å². The van der Waals surface area contributed by atoms with Crippen molar-refractivity contribution >= 4 is 0 Å². The average Bonchev–Trinajstić information content (AvgIpc) is 2.39. The molecule has 0 saturated heterocycles. The summed E-state index contributed by atoms with van der Waals surface area (Å²) in [7, 11) is 1.34. The molecule has 5 heteroatoms. The summed E-state index contributed by atoms with van der Waals surface area (Å²) in [5.41, 5.74) is 0.935. The molecule has 0 aliphatic heterocycles. The van der Waals surface area contributed by atoms with Crippen LogP contribution in [-0.2, 0) is 6.61 Å². The second-order valence-electron chi connectivity index (χ2n) is 3.28. The van der Waals surface area contributed by atoms with Gasteiger partial charge >= 0.3 is 0 Å². The van der Waals surface area contributed by atoms with Gasteiger partial charge in [-0.05, 0) is 5.56 Å². The van der Waals surface area contributed by atoms with Crippen LogP contribution < -0.4 is 9.47 Å². The molecule has 17 heavy (non-hydrogen) atoms. The molecule has 2 rings (SSSR count). The molecule has 0 fully saturated rings. The molecule has 1 aromatic carbocycles. The molecule has 1 aromatic heterocycles. The Hall–Kier alpha value is -2.17. The highest BCUT2D eigenvalue weighted by Gasteiger charge is 2.12. The predicted molar refractivity (Wildman–Crippen MR) is 59.3 cm³/mol. The first-order valence-electron chi connectivity index (χ1n) is 5.02. The van der Waals surface area contributed by atoms with Gasteiger partial charge in [-0.1, -0.05) is 30.3 Å². The van der Waals surface area contributed by atoms with Crippen molar-refractivity contribution in [1.29, 1.82) is 0 Å². The molecule has 0 aliphatic rings. The van der Waals surface area contributed by atoms with E-state index in [1.165, 1.54) is 13.4 Å². The fourth-order valence-electron chi connectivity index (χ4n) is 1.31. The van der Waals surface area contributed by atoms with E-state index in [0.717, 1.165) is 5.56 Å². The van der Waals surface area contributed by atoms with Crippen LogP contribution in [0.15, 0.2) is 36.7 Å². The zero-order valence-electron chi connectivity index (χ0n) is 9.26. The van der Waals surface area contributed by atoms with Crippen molar-refractivity contribution in [2.24, 2.45) is 0 Å². The number of halogens is 1. The zero-order chi connectivity index (χ0) is 12.1. The smallest absolute Gasteiger partial charge is 0.258 e. The van der Waals surface area contributed by atoms with E-state index < -0.39 is 5.82 Å². The molecular weight excluding hydrogens is 223 g/mol. The third kappa shape index (κ3) is 2.69. The van der Waals surface area contributed by atoms with E-state index >= 15 is 0 Å². The summed E-state index contributed by atoms with van der Waals surface area (Å²) in [5, 5.41) is 0. The molecule has 4 nitrogen and oxygen atoms in total. The lowest BCUT2D eigenvalue weighted by atomic mass is 10.2. The highest BCUT2D eigenvalue weighted by Crippen LogP contribution is 2.21. The summed E-state index contributed by atoms with van der Waals surface area (Å²) in [4.78, 5) is 7.34. The van der Waals surface area contributed by atoms with Crippen molar-refractivity contribution < 1.29 is 13.9 Å². The molecular formula is C12H11FN2O2. The van der Waals surface area contributed by atoms with Crippen LogP contribution in [0.3, 0.4) is 0 Å². The molecule has 2 aromatic rings. The van der Waals surface area contributed by atoms with E-state index in [4.69, 9.17) is 9.47 Å². The Labute approximate surface area is 98.1 Å². The Balaban J connectivity index is 2.09. The first kappa shape index (κ1) is 11.3. The normalized spacial score (nSPS) is 10.0. The number of rotatable bonds is 4. The van der Waals surface area contributed by atoms with Crippen LogP contribution >= 0.6 is 0 Å². The summed E-state index contributed by atoms with van der Waals surface area (Å²) in [6, 6.07) is 9.44. The van der Waals surface area contributed by atoms with Crippen molar-refractivity contribution in [3.8, 4) is 11.8 Å². The first-order chi connectivity index (χ1) is 8.31. The molecule has 0 unspecified atom stereocenters. The summed E-state index contributed by atoms with van der Waals surface area (Å²) >= 11 is 0. The molecule has 0 atom stereocenters. The van der Waals surface area contributed by atoms with Gasteiger partial charge in [0.2, 0.25) is 5.82 Å². The number of methoxy groups -OCH3 is 1. The molecule has 0 saturated carbocycles. The molecule has 88 valence electrons. The maximum absolute atomic E-state index is 13.6. The van der Waals surface area contributed by atoms with Crippen molar-refractivity contribution in [3.63, 3.8) is 0 Å². The number of ether oxygens (including phenoxy) is 2. The Morgan fingerprint density at radius 1 is 1.12 bits per heavy atom. The topological polar surface area (TPSA) is 44.2 Å². The van der Waals surface area contributed by atoms with Crippen molar-refractivity contribution in [3.05, 3.63) is 48.0 Å². The van der Waals surface area contributed by atoms with Gasteiger partial charge in [0.1, 0.15) is 12.9 Å². The largest absolute Gasteiger partial charge is 0.479 e. The van der Waals surface area contributed by atoms with Crippen LogP contribution in [0.2, 0.25) is 0 Å². The SMILES string of the molecule is COc1ncnc(OCc2ccccc2)c1F. The summed E-state index contributed by atoms with van der Waals surface area (Å²) in [5.74, 6) is -0.922. The molecule has 0 bridgehead atoms. The zero-order valence-corrected chi connectivity index (χ0v) is 9.26. The molecule has 0 N–H and O–H groups in total. The van der Waals surface area contributed by atoms with Gasteiger partial charge in [0, 0.05) is 0 Å². The Morgan fingerprint density at radius 2 is 1.82 bits per heavy atom. The molecule has 0 aliphatic carbocycles. The van der Waals surface area contributed by atoms with Gasteiger partial charge in [-0.15, -0.1) is 0 Å². The van der Waals surface area contributed by atoms with E-state index in [-0.39, 0.29) is 18.4 Å². The third-order valence-electron chi connectivity index (χ3n) is 2.14. The minimum atomic E-state index is -0.689. The lowest BCUT2D eigenvalue weighted by molar-refractivity contribution is 0.265. The predicted octanol–water partition coefficient (Wildman–Crippen LogP) is 2.20. The second kappa shape index (κ2) is 5.25. The number of hydrogen-bond acceptors (Lipinski definition) is 4. The number of nitrogens with zero attached hydrogens (tertiary/aromatic N) is 2. The van der Waals surface area contributed by atoms with E-state index in [0.29, 0.717) is 0 Å². The monoisotopic (exact) mass is 234 g/mol. The van der Waals surface area contributed by atoms with Gasteiger partial charge in [-0.25, -0.2) is 0 Å². The second-order valence-corrected chi connectivity index (χ2v) is 3.28. The van der Waals surface area contributed by atoms with Crippen LogP contribution in [0.5, 0.6) is 11.8 Å². The quantitative estimate of drug-likeness (QED) is 0.813. The minimum absolute atomic E-state index is 0.110. The van der Waals surface area contributed by atoms with Crippen molar-refractivity contribution in [2.45, 2.75) is 6.61 Å². The number of hydrogen-bond donors (Lipinski definition) is 0. The maximum atomic E-state index is 13.6. The van der Waals surface area contributed by atoms with E-state index in [1.807, 2.05) is 30.3 Å². The average molecular weight is 234 g/mol. The van der Waals surface area contributed by atoms with Crippen LogP contribution in [-0.4, -0.2) is 17.1 Å². The lowest BCUT2D eigenvalue weighted by Crippen LogP contribution is -2.02. The fourth-order valence-corrected chi connectivity index (χ4v) is 1.31. The van der Waals surface area contributed by atoms with Gasteiger partial charge in [0.05, 0.1) is 7.11 Å². The van der Waals surface area contributed by atoms with Gasteiger partial charge in [-0.3, -0.25) is 0 Å². The lowest BCUT2D eigenvalue weighted by Gasteiger charge is -2.07. The summed E-state index contributed by atoms with van der Waals surface area (Å²) in [6.07, 6.45) is 1.20. The van der Waals surface area contributed by atoms with Gasteiger partial charge < -0.3 is 9.47 Å². The van der Waals surface area contributed by atoms with Gasteiger partial charge in [0.15, 0.2) is 0 Å². The summed E-state index contributed by atoms with van der Waals surface area (Å²) in [6.45, 7) is 0.248. The van der Waals surface area contributed by atoms with Crippen LogP contribution in [0.25, 0.3) is 0 Å². The minimum Gasteiger partial charge on any atom is -0.479 e. The van der Waals surface area contributed by atoms with Crippen LogP contribution in [0, 0.1) is 5.82 Å². The van der Waals surface area contributed by atoms with Crippen LogP contribution in [0.4, 0.5) is 4.39 Å². The Bertz CT molecular complexity index is 491. The maximum Gasteiger partial charge on any atom is 0.258 e. The molecule has 1 heterocycles. The molecule has 0 radical (unpaired) electrons. The van der Waals surface area contributed by atoms with E-state index in [2.05, 4.69) is 9.97 Å². The molecule has 0 spiro atoms. The number of aromatic nitrogens is 2.